The van der Waals surface area contributed by atoms with Gasteiger partial charge in [0.05, 0.1) is 13.2 Å². The lowest BCUT2D eigenvalue weighted by molar-refractivity contribution is -0.122. The Labute approximate surface area is 189 Å². The van der Waals surface area contributed by atoms with Gasteiger partial charge in [0.2, 0.25) is 5.91 Å². The number of carbonyl (C=O) groups excluding carboxylic acids is 2. The van der Waals surface area contributed by atoms with Crippen molar-refractivity contribution in [3.05, 3.63) is 70.9 Å². The van der Waals surface area contributed by atoms with Crippen LogP contribution in [0.4, 0.5) is 0 Å². The summed E-state index contributed by atoms with van der Waals surface area (Å²) in [7, 11) is 0. The molecule has 1 N–H and O–H groups in total. The van der Waals surface area contributed by atoms with Gasteiger partial charge in [0.25, 0.3) is 0 Å². The maximum absolute atomic E-state index is 13.4. The fraction of sp³-hybridized carbons (Fsp3) is 0.407. The maximum atomic E-state index is 13.4. The van der Waals surface area contributed by atoms with Crippen molar-refractivity contribution in [1.29, 1.82) is 0 Å². The number of amides is 1. The maximum Gasteiger partial charge on any atom is 0.225 e. The number of hydrogen-bond acceptors (Lipinski definition) is 4. The third kappa shape index (κ3) is 4.72. The van der Waals surface area contributed by atoms with E-state index in [1.54, 1.807) is 0 Å². The van der Waals surface area contributed by atoms with Crippen LogP contribution in [0.25, 0.3) is 0 Å². The Hall–Kier alpha value is -3.08. The minimum absolute atomic E-state index is 0.0442. The lowest BCUT2D eigenvalue weighted by Crippen LogP contribution is -2.38. The van der Waals surface area contributed by atoms with Crippen molar-refractivity contribution < 1.29 is 19.1 Å². The lowest BCUT2D eigenvalue weighted by atomic mass is 9.73. The molecule has 0 bridgehead atoms. The summed E-state index contributed by atoms with van der Waals surface area (Å²) in [6, 6.07) is 15.7. The van der Waals surface area contributed by atoms with E-state index in [4.69, 9.17) is 9.47 Å². The second kappa shape index (κ2) is 10.0. The molecule has 5 heteroatoms. The fourth-order valence-electron chi connectivity index (χ4n) is 4.69. The molecule has 0 radical (unpaired) electrons. The van der Waals surface area contributed by atoms with E-state index in [1.165, 1.54) is 0 Å². The second-order valence-corrected chi connectivity index (χ2v) is 8.47. The van der Waals surface area contributed by atoms with Crippen molar-refractivity contribution in [2.75, 3.05) is 13.2 Å². The van der Waals surface area contributed by atoms with Gasteiger partial charge in [-0.3, -0.25) is 9.59 Å². The summed E-state index contributed by atoms with van der Waals surface area (Å²) in [4.78, 5) is 26.0. The highest BCUT2D eigenvalue weighted by Crippen LogP contribution is 2.44. The normalized spacial score (nSPS) is 20.6. The van der Waals surface area contributed by atoms with Gasteiger partial charge in [0.15, 0.2) is 5.78 Å². The highest BCUT2D eigenvalue weighted by molar-refractivity contribution is 6.02. The Morgan fingerprint density at radius 3 is 2.47 bits per heavy atom. The van der Waals surface area contributed by atoms with E-state index in [0.29, 0.717) is 26.1 Å². The van der Waals surface area contributed by atoms with Gasteiger partial charge in [-0.25, -0.2) is 0 Å². The molecule has 5 nitrogen and oxygen atoms in total. The zero-order chi connectivity index (χ0) is 22.5. The number of benzene rings is 2. The molecule has 2 aliphatic rings. The first-order valence-corrected chi connectivity index (χ1v) is 11.6. The van der Waals surface area contributed by atoms with E-state index in [9.17, 15) is 9.59 Å². The van der Waals surface area contributed by atoms with Gasteiger partial charge in [0, 0.05) is 35.6 Å². The Bertz CT molecular complexity index is 1010. The second-order valence-electron chi connectivity index (χ2n) is 8.47. The van der Waals surface area contributed by atoms with E-state index in [2.05, 4.69) is 12.2 Å². The van der Waals surface area contributed by atoms with Crippen LogP contribution in [0.5, 0.6) is 11.5 Å². The molecule has 1 amide bonds. The van der Waals surface area contributed by atoms with Gasteiger partial charge in [-0.1, -0.05) is 43.7 Å². The van der Waals surface area contributed by atoms with Crippen LogP contribution in [0.1, 0.15) is 68.9 Å². The molecule has 2 aromatic rings. The van der Waals surface area contributed by atoms with Gasteiger partial charge in [-0.2, -0.15) is 0 Å². The number of unbranched alkanes of at least 4 members (excludes halogenated alkanes) is 1. The molecule has 168 valence electrons. The van der Waals surface area contributed by atoms with Crippen LogP contribution in [-0.2, 0) is 9.59 Å². The Kier molecular flexibility index (Phi) is 6.93. The molecule has 0 fully saturated rings. The predicted octanol–water partition coefficient (Wildman–Crippen LogP) is 5.27. The van der Waals surface area contributed by atoms with Crippen LogP contribution in [0.15, 0.2) is 59.8 Å². The highest BCUT2D eigenvalue weighted by atomic mass is 16.5. The van der Waals surface area contributed by atoms with E-state index >= 15 is 0 Å². The minimum Gasteiger partial charge on any atom is -0.494 e. The topological polar surface area (TPSA) is 64.6 Å². The molecule has 0 saturated carbocycles. The Morgan fingerprint density at radius 2 is 1.72 bits per heavy atom. The molecular formula is C27H31NO4. The smallest absolute Gasteiger partial charge is 0.225 e. The van der Waals surface area contributed by atoms with Gasteiger partial charge >= 0.3 is 0 Å². The summed E-state index contributed by atoms with van der Waals surface area (Å²) >= 11 is 0. The molecule has 0 saturated heterocycles. The number of ketones is 1. The molecular weight excluding hydrogens is 402 g/mol. The van der Waals surface area contributed by atoms with Gasteiger partial charge < -0.3 is 14.8 Å². The fourth-order valence-corrected chi connectivity index (χ4v) is 4.69. The molecule has 4 rings (SSSR count). The van der Waals surface area contributed by atoms with E-state index in [1.807, 2.05) is 55.5 Å². The average Bonchev–Trinajstić information content (AvgIpc) is 2.79. The van der Waals surface area contributed by atoms with Gasteiger partial charge in [-0.05, 0) is 49.4 Å². The van der Waals surface area contributed by atoms with Crippen LogP contribution in [0, 0.1) is 0 Å². The quantitative estimate of drug-likeness (QED) is 0.576. The van der Waals surface area contributed by atoms with Crippen LogP contribution in [0.3, 0.4) is 0 Å². The SMILES string of the molecule is CCCCOc1ccccc1C1CC(=O)NC2=C1C(=O)CC(c1ccc(OCC)cc1)C2. The highest BCUT2D eigenvalue weighted by Gasteiger charge is 2.39. The first-order valence-electron chi connectivity index (χ1n) is 11.6. The predicted molar refractivity (Wildman–Crippen MR) is 124 cm³/mol. The van der Waals surface area contributed by atoms with Crippen molar-refractivity contribution in [3.8, 4) is 11.5 Å². The summed E-state index contributed by atoms with van der Waals surface area (Å²) in [5.41, 5.74) is 3.54. The van der Waals surface area contributed by atoms with Crippen LogP contribution < -0.4 is 14.8 Å². The van der Waals surface area contributed by atoms with Gasteiger partial charge in [0.1, 0.15) is 11.5 Å². The first kappa shape index (κ1) is 22.1. The van der Waals surface area contributed by atoms with Crippen LogP contribution >= 0.6 is 0 Å². The van der Waals surface area contributed by atoms with E-state index in [0.717, 1.165) is 46.7 Å². The average molecular weight is 434 g/mol. The number of allylic oxidation sites excluding steroid dienone is 2. The Balaban J connectivity index is 1.62. The third-order valence-electron chi connectivity index (χ3n) is 6.25. The monoisotopic (exact) mass is 433 g/mol. The Morgan fingerprint density at radius 1 is 0.938 bits per heavy atom. The molecule has 2 aromatic carbocycles. The van der Waals surface area contributed by atoms with Crippen molar-refractivity contribution in [2.24, 2.45) is 0 Å². The van der Waals surface area contributed by atoms with Crippen LogP contribution in [0.2, 0.25) is 0 Å². The lowest BCUT2D eigenvalue weighted by Gasteiger charge is -2.35. The third-order valence-corrected chi connectivity index (χ3v) is 6.25. The zero-order valence-electron chi connectivity index (χ0n) is 18.9. The number of para-hydroxylation sites is 1. The largest absolute Gasteiger partial charge is 0.494 e. The van der Waals surface area contributed by atoms with E-state index in [-0.39, 0.29) is 29.9 Å². The number of carbonyl (C=O) groups is 2. The van der Waals surface area contributed by atoms with Crippen LogP contribution in [-0.4, -0.2) is 24.9 Å². The molecule has 32 heavy (non-hydrogen) atoms. The molecule has 1 heterocycles. The molecule has 0 spiro atoms. The van der Waals surface area contributed by atoms with Gasteiger partial charge in [-0.15, -0.1) is 0 Å². The summed E-state index contributed by atoms with van der Waals surface area (Å²) in [6.45, 7) is 5.33. The first-order chi connectivity index (χ1) is 15.6. The number of nitrogens with one attached hydrogen (secondary N) is 1. The number of hydrogen-bond donors (Lipinski definition) is 1. The van der Waals surface area contributed by atoms with E-state index < -0.39 is 0 Å². The summed E-state index contributed by atoms with van der Waals surface area (Å²) in [5, 5.41) is 3.01. The standard InChI is InChI=1S/C27H31NO4/c1-3-5-14-32-25-9-7-6-8-21(25)22-17-26(30)28-23-15-19(16-24(29)27(22)23)18-10-12-20(13-11-18)31-4-2/h6-13,19,22H,3-5,14-17H2,1-2H3,(H,28,30). The van der Waals surface area contributed by atoms with Crippen molar-refractivity contribution >= 4 is 11.7 Å². The summed E-state index contributed by atoms with van der Waals surface area (Å²) in [5.74, 6) is 1.45. The minimum atomic E-state index is -0.259. The molecule has 2 unspecified atom stereocenters. The number of ether oxygens (including phenoxy) is 2. The number of rotatable bonds is 8. The number of Topliss-reactive ketones (excluding diaryl/α,β-unsaturated/α-hetero) is 1. The summed E-state index contributed by atoms with van der Waals surface area (Å²) < 4.78 is 11.6. The van der Waals surface area contributed by atoms with Crippen molar-refractivity contribution in [2.45, 2.75) is 57.8 Å². The van der Waals surface area contributed by atoms with Crippen molar-refractivity contribution in [1.82, 2.24) is 5.32 Å². The molecule has 1 aliphatic heterocycles. The molecule has 1 aliphatic carbocycles. The summed E-state index contributed by atoms with van der Waals surface area (Å²) in [6.07, 6.45) is 3.38. The zero-order valence-corrected chi connectivity index (χ0v) is 18.9. The molecule has 0 aromatic heterocycles. The molecule has 2 atom stereocenters. The van der Waals surface area contributed by atoms with Crippen molar-refractivity contribution in [3.63, 3.8) is 0 Å².